The van der Waals surface area contributed by atoms with Gasteiger partial charge in [0.05, 0.1) is 0 Å². The van der Waals surface area contributed by atoms with Crippen LogP contribution in [0.2, 0.25) is 0 Å². The summed E-state index contributed by atoms with van der Waals surface area (Å²) < 4.78 is 41.4. The van der Waals surface area contributed by atoms with Gasteiger partial charge in [-0.2, -0.15) is 0 Å². The van der Waals surface area contributed by atoms with Gasteiger partial charge in [0, 0.05) is 11.6 Å². The summed E-state index contributed by atoms with van der Waals surface area (Å²) in [6, 6.07) is 25.5. The van der Waals surface area contributed by atoms with Crippen LogP contribution < -0.4 is 0 Å². The molecule has 0 unspecified atom stereocenters. The largest absolute Gasteiger partial charge is 0.207 e. The van der Waals surface area contributed by atoms with E-state index in [9.17, 15) is 13.2 Å². The van der Waals surface area contributed by atoms with Gasteiger partial charge in [-0.1, -0.05) is 66.7 Å². The normalized spacial score (nSPS) is 10.8. The van der Waals surface area contributed by atoms with Crippen molar-refractivity contribution in [3.8, 4) is 33.4 Å². The van der Waals surface area contributed by atoms with Crippen molar-refractivity contribution in [3.05, 3.63) is 108 Å². The molecule has 0 heterocycles. The van der Waals surface area contributed by atoms with Crippen LogP contribution in [0.1, 0.15) is 0 Å². The Kier molecular flexibility index (Phi) is 4.51. The van der Waals surface area contributed by atoms with Gasteiger partial charge in [0.1, 0.15) is 17.5 Å². The lowest BCUT2D eigenvalue weighted by Crippen LogP contribution is -1.89. The Morgan fingerprint density at radius 1 is 0.407 bits per heavy atom. The van der Waals surface area contributed by atoms with Crippen molar-refractivity contribution in [1.82, 2.24) is 0 Å². The van der Waals surface area contributed by atoms with Gasteiger partial charge in [0.15, 0.2) is 0 Å². The predicted octanol–water partition coefficient (Wildman–Crippen LogP) is 7.10. The Hall–Kier alpha value is -3.33. The van der Waals surface area contributed by atoms with Crippen LogP contribution >= 0.6 is 0 Å². The van der Waals surface area contributed by atoms with Crippen molar-refractivity contribution in [2.24, 2.45) is 0 Å². The highest BCUT2D eigenvalue weighted by Gasteiger charge is 2.10. The van der Waals surface area contributed by atoms with Gasteiger partial charge in [0.25, 0.3) is 0 Å². The Balaban J connectivity index is 1.66. The summed E-state index contributed by atoms with van der Waals surface area (Å²) >= 11 is 0. The third-order valence-corrected chi connectivity index (χ3v) is 4.47. The fourth-order valence-electron chi connectivity index (χ4n) is 3.12. The van der Waals surface area contributed by atoms with E-state index < -0.39 is 17.5 Å². The van der Waals surface area contributed by atoms with Gasteiger partial charge in [-0.25, -0.2) is 13.2 Å². The second kappa shape index (κ2) is 7.12. The minimum Gasteiger partial charge on any atom is -0.207 e. The molecule has 0 aliphatic rings. The summed E-state index contributed by atoms with van der Waals surface area (Å²) in [4.78, 5) is 0. The van der Waals surface area contributed by atoms with Gasteiger partial charge in [-0.15, -0.1) is 0 Å². The fraction of sp³-hybridized carbons (Fsp3) is 0. The van der Waals surface area contributed by atoms with E-state index in [0.29, 0.717) is 5.56 Å². The number of benzene rings is 4. The molecule has 4 aromatic carbocycles. The van der Waals surface area contributed by atoms with E-state index in [-0.39, 0.29) is 11.1 Å². The molecule has 0 amide bonds. The second-order valence-corrected chi connectivity index (χ2v) is 6.30. The molecule has 132 valence electrons. The van der Waals surface area contributed by atoms with E-state index in [1.807, 2.05) is 54.6 Å². The van der Waals surface area contributed by atoms with Gasteiger partial charge < -0.3 is 0 Å². The minimum absolute atomic E-state index is 0.165. The predicted molar refractivity (Wildman–Crippen MR) is 103 cm³/mol. The summed E-state index contributed by atoms with van der Waals surface area (Å²) in [5.74, 6) is -1.99. The second-order valence-electron chi connectivity index (χ2n) is 6.30. The lowest BCUT2D eigenvalue weighted by atomic mass is 9.97. The molecule has 0 radical (unpaired) electrons. The average molecular weight is 360 g/mol. The number of hydrogen-bond acceptors (Lipinski definition) is 0. The Morgan fingerprint density at radius 3 is 1.52 bits per heavy atom. The molecule has 0 aliphatic heterocycles. The molecule has 0 saturated carbocycles. The van der Waals surface area contributed by atoms with E-state index in [4.69, 9.17) is 0 Å². The molecule has 0 aliphatic carbocycles. The van der Waals surface area contributed by atoms with Crippen LogP contribution in [0.5, 0.6) is 0 Å². The first-order chi connectivity index (χ1) is 13.1. The van der Waals surface area contributed by atoms with E-state index in [1.165, 1.54) is 6.07 Å². The third-order valence-electron chi connectivity index (χ3n) is 4.47. The number of rotatable bonds is 3. The molecule has 4 rings (SSSR count). The zero-order valence-electron chi connectivity index (χ0n) is 14.3. The molecule has 4 aromatic rings. The molecule has 3 heteroatoms. The van der Waals surface area contributed by atoms with Crippen molar-refractivity contribution >= 4 is 0 Å². The summed E-state index contributed by atoms with van der Waals surface area (Å²) in [6.07, 6.45) is 0. The smallest absolute Gasteiger partial charge is 0.131 e. The Bertz CT molecular complexity index is 1060. The lowest BCUT2D eigenvalue weighted by Gasteiger charge is -2.09. The molecule has 0 aromatic heterocycles. The molecule has 0 spiro atoms. The first-order valence-corrected chi connectivity index (χ1v) is 8.52. The van der Waals surface area contributed by atoms with Crippen LogP contribution in [0.3, 0.4) is 0 Å². The van der Waals surface area contributed by atoms with Gasteiger partial charge in [-0.3, -0.25) is 0 Å². The highest BCUT2D eigenvalue weighted by atomic mass is 19.1. The van der Waals surface area contributed by atoms with Crippen molar-refractivity contribution in [2.75, 3.05) is 0 Å². The summed E-state index contributed by atoms with van der Waals surface area (Å²) in [5.41, 5.74) is 4.10. The standard InChI is InChI=1S/C24H15F3/c25-21-12-20(13-22(26)15-21)23-11-10-19(14-24(23)27)18-8-6-17(7-9-18)16-4-2-1-3-5-16/h1-15H. The van der Waals surface area contributed by atoms with Gasteiger partial charge >= 0.3 is 0 Å². The van der Waals surface area contributed by atoms with Crippen LogP contribution in [-0.4, -0.2) is 0 Å². The van der Waals surface area contributed by atoms with Gasteiger partial charge in [-0.05, 0) is 46.0 Å². The minimum atomic E-state index is -0.732. The highest BCUT2D eigenvalue weighted by molar-refractivity contribution is 5.73. The Morgan fingerprint density at radius 2 is 0.926 bits per heavy atom. The van der Waals surface area contributed by atoms with Crippen LogP contribution in [0.15, 0.2) is 91.0 Å². The molecule has 0 atom stereocenters. The lowest BCUT2D eigenvalue weighted by molar-refractivity contribution is 0.583. The summed E-state index contributed by atoms with van der Waals surface area (Å²) in [5, 5.41) is 0. The van der Waals surface area contributed by atoms with Crippen LogP contribution in [0.25, 0.3) is 33.4 Å². The molecule has 0 nitrogen and oxygen atoms in total. The van der Waals surface area contributed by atoms with Crippen molar-refractivity contribution in [2.45, 2.75) is 0 Å². The van der Waals surface area contributed by atoms with Crippen LogP contribution in [-0.2, 0) is 0 Å². The molecule has 0 N–H and O–H groups in total. The maximum atomic E-state index is 14.6. The zero-order valence-corrected chi connectivity index (χ0v) is 14.3. The summed E-state index contributed by atoms with van der Waals surface area (Å²) in [7, 11) is 0. The molecule has 0 fully saturated rings. The first-order valence-electron chi connectivity index (χ1n) is 8.52. The third kappa shape index (κ3) is 3.63. The first kappa shape index (κ1) is 17.1. The molecular formula is C24H15F3. The van der Waals surface area contributed by atoms with Crippen LogP contribution in [0, 0.1) is 17.5 Å². The summed E-state index contributed by atoms with van der Waals surface area (Å²) in [6.45, 7) is 0. The van der Waals surface area contributed by atoms with Crippen molar-refractivity contribution in [3.63, 3.8) is 0 Å². The number of hydrogen-bond donors (Lipinski definition) is 0. The number of halogens is 3. The Labute approximate surface area is 155 Å². The highest BCUT2D eigenvalue weighted by Crippen LogP contribution is 2.30. The topological polar surface area (TPSA) is 0 Å². The maximum absolute atomic E-state index is 14.6. The quantitative estimate of drug-likeness (QED) is 0.365. The molecule has 0 saturated heterocycles. The SMILES string of the molecule is Fc1cc(F)cc(-c2ccc(-c3ccc(-c4ccccc4)cc3)cc2F)c1. The molecule has 27 heavy (non-hydrogen) atoms. The average Bonchev–Trinajstić information content (AvgIpc) is 2.68. The van der Waals surface area contributed by atoms with Crippen LogP contribution in [0.4, 0.5) is 13.2 Å². The monoisotopic (exact) mass is 360 g/mol. The van der Waals surface area contributed by atoms with E-state index >= 15 is 0 Å². The van der Waals surface area contributed by atoms with E-state index in [1.54, 1.807) is 12.1 Å². The van der Waals surface area contributed by atoms with E-state index in [0.717, 1.165) is 34.9 Å². The fourth-order valence-corrected chi connectivity index (χ4v) is 3.12. The van der Waals surface area contributed by atoms with Crippen molar-refractivity contribution in [1.29, 1.82) is 0 Å². The van der Waals surface area contributed by atoms with Crippen molar-refractivity contribution < 1.29 is 13.2 Å². The molecule has 0 bridgehead atoms. The zero-order chi connectivity index (χ0) is 18.8. The maximum Gasteiger partial charge on any atom is 0.131 e. The molecular weight excluding hydrogens is 345 g/mol. The van der Waals surface area contributed by atoms with Gasteiger partial charge in [0.2, 0.25) is 0 Å². The van der Waals surface area contributed by atoms with E-state index in [2.05, 4.69) is 0 Å².